The van der Waals surface area contributed by atoms with Gasteiger partial charge in [-0.3, -0.25) is 19.3 Å². The van der Waals surface area contributed by atoms with E-state index in [1.54, 1.807) is 0 Å². The number of hydrogen-bond acceptors (Lipinski definition) is 6. The molecule has 1 aliphatic rings. The highest BCUT2D eigenvalue weighted by Gasteiger charge is 2.37. The van der Waals surface area contributed by atoms with Gasteiger partial charge < -0.3 is 20.1 Å². The summed E-state index contributed by atoms with van der Waals surface area (Å²) >= 11 is 0. The summed E-state index contributed by atoms with van der Waals surface area (Å²) in [6, 6.07) is 8.82. The van der Waals surface area contributed by atoms with E-state index in [0.717, 1.165) is 47.4 Å². The van der Waals surface area contributed by atoms with Crippen LogP contribution in [0.25, 0.3) is 0 Å². The minimum absolute atomic E-state index is 0.0209. The van der Waals surface area contributed by atoms with Gasteiger partial charge in [-0.2, -0.15) is 0 Å². The predicted molar refractivity (Wildman–Crippen MR) is 138 cm³/mol. The van der Waals surface area contributed by atoms with Crippen molar-refractivity contribution in [2.75, 3.05) is 30.5 Å². The van der Waals surface area contributed by atoms with Crippen LogP contribution in [0.1, 0.15) is 35.2 Å². The van der Waals surface area contributed by atoms with E-state index in [9.17, 15) is 40.7 Å². The Hall–Kier alpha value is -4.82. The number of rotatable bonds is 6. The Bertz CT molecular complexity index is 1460. The van der Waals surface area contributed by atoms with E-state index in [0.29, 0.717) is 0 Å². The molecular weight excluding hydrogens is 574 g/mol. The number of methoxy groups -OCH3 is 1. The maximum atomic E-state index is 14.4. The Morgan fingerprint density at radius 2 is 1.60 bits per heavy atom. The van der Waals surface area contributed by atoms with Gasteiger partial charge in [-0.1, -0.05) is 0 Å². The summed E-state index contributed by atoms with van der Waals surface area (Å²) in [7, 11) is 2.75. The van der Waals surface area contributed by atoms with E-state index in [4.69, 9.17) is 10.5 Å². The number of nitrogens with two attached hydrogens (primary N) is 1. The molecule has 1 saturated heterocycles. The van der Waals surface area contributed by atoms with Crippen LogP contribution in [0.4, 0.5) is 38.0 Å². The summed E-state index contributed by atoms with van der Waals surface area (Å²) in [5.41, 5.74) is 4.76. The highest BCUT2D eigenvalue weighted by Crippen LogP contribution is 2.36. The second-order valence-corrected chi connectivity index (χ2v) is 8.90. The molecule has 224 valence electrons. The van der Waals surface area contributed by atoms with E-state index in [1.165, 1.54) is 32.0 Å². The lowest BCUT2D eigenvalue weighted by Crippen LogP contribution is -2.29. The molecule has 0 aliphatic carbocycles. The van der Waals surface area contributed by atoms with E-state index in [2.05, 4.69) is 9.72 Å². The number of amides is 3. The number of carbonyl (C=O) groups excluding carboxylic acids is 3. The number of benzene rings is 2. The quantitative estimate of drug-likeness (QED) is 0.412. The molecule has 0 radical (unpaired) electrons. The van der Waals surface area contributed by atoms with Crippen LogP contribution in [0.2, 0.25) is 0 Å². The van der Waals surface area contributed by atoms with E-state index >= 15 is 0 Å². The summed E-state index contributed by atoms with van der Waals surface area (Å²) in [4.78, 5) is 40.8. The van der Waals surface area contributed by atoms with Crippen molar-refractivity contribution in [2.45, 2.75) is 25.6 Å². The number of aromatic nitrogens is 1. The summed E-state index contributed by atoms with van der Waals surface area (Å²) in [5, 5.41) is 0. The minimum atomic E-state index is -4.73. The van der Waals surface area contributed by atoms with Gasteiger partial charge >= 0.3 is 6.36 Å². The zero-order valence-electron chi connectivity index (χ0n) is 22.3. The fraction of sp³-hybridized carbons (Fsp3) is 0.259. The lowest BCUT2D eigenvalue weighted by Gasteiger charge is -2.20. The van der Waals surface area contributed by atoms with Crippen LogP contribution in [-0.4, -0.2) is 49.8 Å². The van der Waals surface area contributed by atoms with E-state index in [1.807, 2.05) is 0 Å². The summed E-state index contributed by atoms with van der Waals surface area (Å²) < 4.78 is 86.5. The highest BCUT2D eigenvalue weighted by atomic mass is 19.4. The van der Waals surface area contributed by atoms with Gasteiger partial charge in [0.05, 0.1) is 7.11 Å². The Morgan fingerprint density at radius 3 is 2.10 bits per heavy atom. The number of halogens is 6. The predicted octanol–water partition coefficient (Wildman–Crippen LogP) is 4.69. The Kier molecular flexibility index (Phi) is 9.65. The monoisotopic (exact) mass is 598 g/mol. The number of primary amides is 1. The molecule has 1 unspecified atom stereocenters. The molecule has 0 bridgehead atoms. The highest BCUT2D eigenvalue weighted by molar-refractivity contribution is 5.96. The molecule has 2 N–H and O–H groups in total. The van der Waals surface area contributed by atoms with Crippen molar-refractivity contribution in [1.82, 2.24) is 4.98 Å². The molecule has 9 nitrogen and oxygen atoms in total. The van der Waals surface area contributed by atoms with Crippen molar-refractivity contribution in [2.24, 2.45) is 5.73 Å². The van der Waals surface area contributed by atoms with Gasteiger partial charge in [-0.25, -0.2) is 18.2 Å². The molecule has 1 fully saturated rings. The lowest BCUT2D eigenvalue weighted by atomic mass is 9.97. The van der Waals surface area contributed by atoms with Crippen molar-refractivity contribution < 1.29 is 50.2 Å². The van der Waals surface area contributed by atoms with Gasteiger partial charge in [0, 0.05) is 56.1 Å². The largest absolute Gasteiger partial charge is 0.573 e. The summed E-state index contributed by atoms with van der Waals surface area (Å²) in [6.07, 6.45) is -4.93. The molecule has 42 heavy (non-hydrogen) atoms. The van der Waals surface area contributed by atoms with E-state index in [-0.39, 0.29) is 53.1 Å². The van der Waals surface area contributed by atoms with Gasteiger partial charge in [0.1, 0.15) is 29.0 Å². The third-order valence-electron chi connectivity index (χ3n) is 6.08. The van der Waals surface area contributed by atoms with Crippen molar-refractivity contribution in [3.8, 4) is 11.5 Å². The SMILES string of the molecule is COc1cc(F)c(C2CC(=O)N(c3nc(N(C)C(C)=O)ccc3F)C2)c(F)c1.NC(=O)c1ccc(OC(F)(F)F)cc1. The molecule has 2 heterocycles. The third-order valence-corrected chi connectivity index (χ3v) is 6.08. The molecule has 3 aromatic rings. The average molecular weight is 599 g/mol. The number of alkyl halides is 3. The van der Waals surface area contributed by atoms with Gasteiger partial charge in [0.15, 0.2) is 11.6 Å². The molecule has 1 aromatic heterocycles. The number of nitrogens with zero attached hydrogens (tertiary/aromatic N) is 3. The topological polar surface area (TPSA) is 115 Å². The van der Waals surface area contributed by atoms with Crippen LogP contribution in [0.15, 0.2) is 48.5 Å². The average Bonchev–Trinajstić information content (AvgIpc) is 3.28. The zero-order valence-corrected chi connectivity index (χ0v) is 22.3. The van der Waals surface area contributed by atoms with Crippen LogP contribution < -0.4 is 25.0 Å². The second-order valence-electron chi connectivity index (χ2n) is 8.90. The Labute approximate surface area is 235 Å². The molecule has 1 atom stereocenters. The number of anilines is 2. The van der Waals surface area contributed by atoms with Gasteiger partial charge in [0.2, 0.25) is 17.7 Å². The number of carbonyl (C=O) groups is 3. The molecule has 1 aliphatic heterocycles. The zero-order chi connectivity index (χ0) is 31.4. The van der Waals surface area contributed by atoms with Crippen LogP contribution in [-0.2, 0) is 9.59 Å². The number of pyridine rings is 1. The molecule has 0 saturated carbocycles. The second kappa shape index (κ2) is 12.8. The van der Waals surface area contributed by atoms with Crippen molar-refractivity contribution >= 4 is 29.4 Å². The summed E-state index contributed by atoms with van der Waals surface area (Å²) in [5.74, 6) is -5.30. The molecule has 15 heteroatoms. The van der Waals surface area contributed by atoms with Crippen LogP contribution >= 0.6 is 0 Å². The van der Waals surface area contributed by atoms with Crippen molar-refractivity contribution in [1.29, 1.82) is 0 Å². The minimum Gasteiger partial charge on any atom is -0.497 e. The first-order chi connectivity index (χ1) is 19.6. The first-order valence-corrected chi connectivity index (χ1v) is 12.0. The molecule has 4 rings (SSSR count). The normalized spacial score (nSPS) is 14.6. The fourth-order valence-electron chi connectivity index (χ4n) is 3.95. The number of hydrogen-bond donors (Lipinski definition) is 1. The lowest BCUT2D eigenvalue weighted by molar-refractivity contribution is -0.274. The van der Waals surface area contributed by atoms with E-state index < -0.39 is 41.5 Å². The van der Waals surface area contributed by atoms with Crippen LogP contribution in [0, 0.1) is 17.5 Å². The standard InChI is InChI=1S/C19H18F3N3O3.C8H6F3NO2/c1-10(26)24(2)16-5-4-13(20)19(23-16)25-9-11(6-17(25)27)18-14(21)7-12(28-3)8-15(18)22;9-8(10,11)14-6-3-1-5(2-4-6)7(12)13/h4-5,7-8,11H,6,9H2,1-3H3;1-4H,(H2,12,13). The van der Waals surface area contributed by atoms with Crippen LogP contribution in [0.3, 0.4) is 0 Å². The first-order valence-electron chi connectivity index (χ1n) is 12.0. The van der Waals surface area contributed by atoms with Gasteiger partial charge in [-0.15, -0.1) is 13.2 Å². The van der Waals surface area contributed by atoms with Crippen LogP contribution in [0.5, 0.6) is 11.5 Å². The van der Waals surface area contributed by atoms with Gasteiger partial charge in [0.25, 0.3) is 0 Å². The third kappa shape index (κ3) is 7.67. The van der Waals surface area contributed by atoms with Crippen molar-refractivity contribution in [3.63, 3.8) is 0 Å². The smallest absolute Gasteiger partial charge is 0.497 e. The Morgan fingerprint density at radius 1 is 1.00 bits per heavy atom. The van der Waals surface area contributed by atoms with Crippen molar-refractivity contribution in [3.05, 3.63) is 77.1 Å². The summed E-state index contributed by atoms with van der Waals surface area (Å²) in [6.45, 7) is 1.17. The number of ether oxygens (including phenoxy) is 2. The maximum absolute atomic E-state index is 14.4. The van der Waals surface area contributed by atoms with Gasteiger partial charge in [-0.05, 0) is 36.4 Å². The molecule has 2 aromatic carbocycles. The molecule has 0 spiro atoms. The Balaban J connectivity index is 0.000000291. The maximum Gasteiger partial charge on any atom is 0.573 e. The molecular formula is C27H24F6N4O5. The first kappa shape index (κ1) is 31.7. The molecule has 3 amide bonds. The fourth-order valence-corrected chi connectivity index (χ4v) is 3.95.